The van der Waals surface area contributed by atoms with Gasteiger partial charge < -0.3 is 9.84 Å². The van der Waals surface area contributed by atoms with Crippen molar-refractivity contribution >= 4 is 5.97 Å². The van der Waals surface area contributed by atoms with Crippen LogP contribution in [0.2, 0.25) is 0 Å². The smallest absolute Gasteiger partial charge is 0.308 e. The van der Waals surface area contributed by atoms with Crippen molar-refractivity contribution in [3.05, 3.63) is 0 Å². The zero-order chi connectivity index (χ0) is 12.8. The molecule has 0 aliphatic heterocycles. The fraction of sp³-hybridized carbons (Fsp3) is 0.929. The van der Waals surface area contributed by atoms with E-state index < -0.39 is 0 Å². The molecule has 2 fully saturated rings. The molecule has 2 rings (SSSR count). The van der Waals surface area contributed by atoms with Crippen LogP contribution < -0.4 is 0 Å². The number of aliphatic hydroxyl groups excluding tert-OH is 1. The van der Waals surface area contributed by atoms with Gasteiger partial charge in [0.25, 0.3) is 0 Å². The van der Waals surface area contributed by atoms with E-state index in [9.17, 15) is 9.90 Å². The summed E-state index contributed by atoms with van der Waals surface area (Å²) in [4.78, 5) is 11.7. The summed E-state index contributed by atoms with van der Waals surface area (Å²) in [6, 6.07) is 0. The minimum atomic E-state index is -0.107. The molecule has 1 N–H and O–H groups in total. The second-order valence-corrected chi connectivity index (χ2v) is 6.54. The van der Waals surface area contributed by atoms with Gasteiger partial charge in [-0.2, -0.15) is 0 Å². The molecule has 2 aliphatic carbocycles. The Bertz CT molecular complexity index is 325. The number of hydrogen-bond donors (Lipinski definition) is 1. The topological polar surface area (TPSA) is 46.5 Å². The quantitative estimate of drug-likeness (QED) is 0.770. The summed E-state index contributed by atoms with van der Waals surface area (Å²) < 4.78 is 5.66. The first-order valence-corrected chi connectivity index (χ1v) is 6.66. The molecule has 2 aliphatic rings. The summed E-state index contributed by atoms with van der Waals surface area (Å²) in [5, 5.41) is 9.69. The Labute approximate surface area is 104 Å². The minimum absolute atomic E-state index is 0.00620. The number of aliphatic hydroxyl groups is 1. The first-order valence-electron chi connectivity index (χ1n) is 6.66. The molecule has 98 valence electrons. The molecule has 2 saturated carbocycles. The second kappa shape index (κ2) is 3.98. The van der Waals surface area contributed by atoms with Crippen LogP contribution in [0.5, 0.6) is 0 Å². The van der Waals surface area contributed by atoms with E-state index in [2.05, 4.69) is 13.8 Å². The van der Waals surface area contributed by atoms with Crippen molar-refractivity contribution in [1.82, 2.24) is 0 Å². The van der Waals surface area contributed by atoms with Gasteiger partial charge in [0.15, 0.2) is 0 Å². The van der Waals surface area contributed by atoms with E-state index in [0.717, 1.165) is 19.3 Å². The number of fused-ring (bicyclic) bond motifs is 2. The molecule has 0 amide bonds. The molecule has 2 bridgehead atoms. The van der Waals surface area contributed by atoms with Crippen molar-refractivity contribution in [1.29, 1.82) is 0 Å². The van der Waals surface area contributed by atoms with Crippen molar-refractivity contribution < 1.29 is 14.6 Å². The maximum atomic E-state index is 11.7. The fourth-order valence-corrected chi connectivity index (χ4v) is 3.73. The third-order valence-corrected chi connectivity index (χ3v) is 5.49. The average molecular weight is 240 g/mol. The summed E-state index contributed by atoms with van der Waals surface area (Å²) in [6.07, 6.45) is 3.13. The zero-order valence-corrected chi connectivity index (χ0v) is 11.3. The predicted octanol–water partition coefficient (Wildman–Crippen LogP) is 2.37. The summed E-state index contributed by atoms with van der Waals surface area (Å²) >= 11 is 0. The number of carbonyl (C=O) groups excluding carboxylic acids is 1. The number of carbonyl (C=O) groups is 1. The van der Waals surface area contributed by atoms with Gasteiger partial charge in [0, 0.05) is 17.4 Å². The van der Waals surface area contributed by atoms with Gasteiger partial charge >= 0.3 is 5.97 Å². The van der Waals surface area contributed by atoms with E-state index in [0.29, 0.717) is 5.92 Å². The molecule has 0 aromatic heterocycles. The lowest BCUT2D eigenvalue weighted by Gasteiger charge is -2.39. The van der Waals surface area contributed by atoms with Gasteiger partial charge in [-0.3, -0.25) is 4.79 Å². The Morgan fingerprint density at radius 2 is 2.12 bits per heavy atom. The standard InChI is InChI=1S/C14H24O3/c1-9(2)12(16)17-11-7-10-5-6-13(11,3)14(10,4)8-15/h9-11,15H,5-8H2,1-4H3/t10-,11-,13+,14-/m1/s1. The maximum absolute atomic E-state index is 11.7. The molecule has 3 heteroatoms. The van der Waals surface area contributed by atoms with Crippen molar-refractivity contribution in [2.45, 2.75) is 53.1 Å². The zero-order valence-electron chi connectivity index (χ0n) is 11.3. The van der Waals surface area contributed by atoms with Crippen molar-refractivity contribution in [3.63, 3.8) is 0 Å². The van der Waals surface area contributed by atoms with Gasteiger partial charge in [0.05, 0.1) is 5.92 Å². The monoisotopic (exact) mass is 240 g/mol. The number of ether oxygens (including phenoxy) is 1. The normalized spacial score (nSPS) is 44.4. The highest BCUT2D eigenvalue weighted by Crippen LogP contribution is 2.66. The van der Waals surface area contributed by atoms with E-state index in [4.69, 9.17) is 4.74 Å². The highest BCUT2D eigenvalue weighted by molar-refractivity contribution is 5.71. The predicted molar refractivity (Wildman–Crippen MR) is 65.4 cm³/mol. The second-order valence-electron chi connectivity index (χ2n) is 6.54. The first-order chi connectivity index (χ1) is 7.85. The molecule has 0 aromatic rings. The lowest BCUT2D eigenvalue weighted by molar-refractivity contribution is -0.161. The molecule has 0 radical (unpaired) electrons. The van der Waals surface area contributed by atoms with E-state index >= 15 is 0 Å². The van der Waals surface area contributed by atoms with Gasteiger partial charge in [-0.1, -0.05) is 27.7 Å². The number of esters is 1. The van der Waals surface area contributed by atoms with E-state index in [1.807, 2.05) is 13.8 Å². The van der Waals surface area contributed by atoms with Crippen molar-refractivity contribution in [2.24, 2.45) is 22.7 Å². The van der Waals surface area contributed by atoms with Gasteiger partial charge in [-0.15, -0.1) is 0 Å². The summed E-state index contributed by atoms with van der Waals surface area (Å²) in [5.74, 6) is 0.324. The Morgan fingerprint density at radius 1 is 1.47 bits per heavy atom. The van der Waals surface area contributed by atoms with Crippen LogP contribution in [-0.4, -0.2) is 23.8 Å². The van der Waals surface area contributed by atoms with E-state index in [1.54, 1.807) is 0 Å². The van der Waals surface area contributed by atoms with Crippen LogP contribution in [0.15, 0.2) is 0 Å². The van der Waals surface area contributed by atoms with Crippen LogP contribution >= 0.6 is 0 Å². The summed E-state index contributed by atoms with van der Waals surface area (Å²) in [6.45, 7) is 8.25. The van der Waals surface area contributed by atoms with E-state index in [1.165, 1.54) is 0 Å². The van der Waals surface area contributed by atoms with E-state index in [-0.39, 0.29) is 35.4 Å². The van der Waals surface area contributed by atoms with Crippen LogP contribution in [-0.2, 0) is 9.53 Å². The molecule has 0 aromatic carbocycles. The van der Waals surface area contributed by atoms with Gasteiger partial charge in [-0.25, -0.2) is 0 Å². The molecule has 3 nitrogen and oxygen atoms in total. The summed E-state index contributed by atoms with van der Waals surface area (Å²) in [7, 11) is 0. The Morgan fingerprint density at radius 3 is 2.59 bits per heavy atom. The molecule has 0 heterocycles. The molecule has 4 atom stereocenters. The molecule has 0 saturated heterocycles. The van der Waals surface area contributed by atoms with Gasteiger partial charge in [0.2, 0.25) is 0 Å². The third-order valence-electron chi connectivity index (χ3n) is 5.49. The lowest BCUT2D eigenvalue weighted by Crippen LogP contribution is -2.42. The molecule has 17 heavy (non-hydrogen) atoms. The lowest BCUT2D eigenvalue weighted by atomic mass is 9.69. The van der Waals surface area contributed by atoms with Crippen LogP contribution in [0.25, 0.3) is 0 Å². The van der Waals surface area contributed by atoms with Crippen LogP contribution in [0.3, 0.4) is 0 Å². The van der Waals surface area contributed by atoms with Crippen molar-refractivity contribution in [2.75, 3.05) is 6.61 Å². The fourth-order valence-electron chi connectivity index (χ4n) is 3.73. The van der Waals surface area contributed by atoms with Gasteiger partial charge in [-0.05, 0) is 25.2 Å². The molecular weight excluding hydrogens is 216 g/mol. The maximum Gasteiger partial charge on any atom is 0.308 e. The largest absolute Gasteiger partial charge is 0.462 e. The molecule has 0 unspecified atom stereocenters. The number of hydrogen-bond acceptors (Lipinski definition) is 3. The molecule has 0 spiro atoms. The highest BCUT2D eigenvalue weighted by Gasteiger charge is 2.64. The Balaban J connectivity index is 2.16. The minimum Gasteiger partial charge on any atom is -0.462 e. The van der Waals surface area contributed by atoms with Crippen LogP contribution in [0, 0.1) is 22.7 Å². The van der Waals surface area contributed by atoms with Crippen LogP contribution in [0.1, 0.15) is 47.0 Å². The summed E-state index contributed by atoms with van der Waals surface area (Å²) in [5.41, 5.74) is -0.119. The average Bonchev–Trinajstić information content (AvgIpc) is 2.64. The Kier molecular flexibility index (Phi) is 3.01. The molecular formula is C14H24O3. The van der Waals surface area contributed by atoms with Gasteiger partial charge in [0.1, 0.15) is 6.10 Å². The Hall–Kier alpha value is -0.570. The number of rotatable bonds is 3. The van der Waals surface area contributed by atoms with Crippen LogP contribution in [0.4, 0.5) is 0 Å². The van der Waals surface area contributed by atoms with Crippen molar-refractivity contribution in [3.8, 4) is 0 Å². The first kappa shape index (κ1) is 12.9. The highest BCUT2D eigenvalue weighted by atomic mass is 16.5. The third kappa shape index (κ3) is 1.62. The SMILES string of the molecule is CC(C)C(=O)O[C@@H]1C[C@H]2CC[C@]1(C)[C@]2(C)CO.